The normalized spacial score (nSPS) is 42.7. The lowest BCUT2D eigenvalue weighted by Gasteiger charge is -2.58. The summed E-state index contributed by atoms with van der Waals surface area (Å²) in [7, 11) is 1.56. The summed E-state index contributed by atoms with van der Waals surface area (Å²) in [5.74, 6) is 1.17. The predicted molar refractivity (Wildman–Crippen MR) is 80.0 cm³/mol. The summed E-state index contributed by atoms with van der Waals surface area (Å²) >= 11 is 0. The monoisotopic (exact) mass is 304 g/mol. The van der Waals surface area contributed by atoms with E-state index in [1.807, 2.05) is 12.1 Å². The van der Waals surface area contributed by atoms with Gasteiger partial charge in [-0.15, -0.1) is 0 Å². The molecule has 0 aromatic heterocycles. The quantitative estimate of drug-likeness (QED) is 0.643. The van der Waals surface area contributed by atoms with Gasteiger partial charge in [0.05, 0.1) is 38.9 Å². The van der Waals surface area contributed by atoms with Crippen molar-refractivity contribution in [1.82, 2.24) is 0 Å². The molecule has 22 heavy (non-hydrogen) atoms. The number of ketones is 1. The Morgan fingerprint density at radius 2 is 1.68 bits per heavy atom. The van der Waals surface area contributed by atoms with Crippen molar-refractivity contribution < 1.29 is 24.4 Å². The Kier molecular flexibility index (Phi) is 2.70. The van der Waals surface area contributed by atoms with E-state index >= 15 is 0 Å². The number of quaternary nitrogens is 2. The van der Waals surface area contributed by atoms with Crippen LogP contribution in [0.2, 0.25) is 0 Å². The summed E-state index contributed by atoms with van der Waals surface area (Å²) in [5, 5.41) is 10.1. The van der Waals surface area contributed by atoms with Crippen molar-refractivity contribution in [2.45, 2.75) is 20.0 Å². The fourth-order valence-electron chi connectivity index (χ4n) is 5.36. The summed E-state index contributed by atoms with van der Waals surface area (Å²) in [4.78, 5) is 15.7. The number of piperidine rings is 2. The van der Waals surface area contributed by atoms with Gasteiger partial charge in [0.2, 0.25) is 6.17 Å². The Morgan fingerprint density at radius 1 is 1.14 bits per heavy atom. The van der Waals surface area contributed by atoms with Crippen LogP contribution in [-0.2, 0) is 4.79 Å². The highest BCUT2D eigenvalue weighted by Gasteiger charge is 2.68. The minimum absolute atomic E-state index is 0.180. The molecule has 0 unspecified atom stereocenters. The van der Waals surface area contributed by atoms with E-state index in [1.165, 1.54) is 9.80 Å². The molecule has 0 aliphatic carbocycles. The zero-order valence-electron chi connectivity index (χ0n) is 13.4. The summed E-state index contributed by atoms with van der Waals surface area (Å²) in [6, 6.07) is 5.72. The molecule has 5 rings (SSSR count). The number of methoxy groups -OCH3 is 1. The molecule has 4 aliphatic rings. The lowest BCUT2D eigenvalue weighted by molar-refractivity contribution is -1.18. The van der Waals surface area contributed by atoms with Gasteiger partial charge < -0.3 is 9.84 Å². The Hall–Kier alpha value is -1.59. The lowest BCUT2D eigenvalue weighted by Crippen LogP contribution is -3.41. The molecule has 4 heterocycles. The fraction of sp³-hybridized carbons (Fsp3) is 0.588. The van der Waals surface area contributed by atoms with Gasteiger partial charge in [-0.1, -0.05) is 0 Å². The number of rotatable bonds is 2. The largest absolute Gasteiger partial charge is 0.504 e. The number of phenols is 1. The van der Waals surface area contributed by atoms with Crippen LogP contribution < -0.4 is 14.5 Å². The molecule has 1 aromatic carbocycles. The fourth-order valence-corrected chi connectivity index (χ4v) is 5.36. The molecule has 4 saturated heterocycles. The molecule has 0 saturated carbocycles. The number of benzene rings is 1. The Morgan fingerprint density at radius 3 is 2.14 bits per heavy atom. The molecule has 118 valence electrons. The van der Waals surface area contributed by atoms with Gasteiger partial charge in [-0.05, 0) is 32.0 Å². The van der Waals surface area contributed by atoms with E-state index in [-0.39, 0.29) is 16.6 Å². The number of Topliss-reactive ketones (excluding diaryl/α,β-unsaturated/α-hetero) is 1. The lowest BCUT2D eigenvalue weighted by atomic mass is 9.62. The van der Waals surface area contributed by atoms with Gasteiger partial charge in [0.25, 0.3) is 0 Å². The summed E-state index contributed by atoms with van der Waals surface area (Å²) in [5.41, 5.74) is 0.781. The Bertz CT molecular complexity index is 617. The standard InChI is InChI=1S/C17H22N2O3/c1-16-7-18-9-17(2,15(16)21)10-19(8-16)14(18)11-4-5-13(22-3)12(20)6-11/h4-6,14,20H,7-10H2,1-3H3/p+2. The molecule has 4 bridgehead atoms. The molecule has 5 nitrogen and oxygen atoms in total. The molecule has 5 heteroatoms. The summed E-state index contributed by atoms with van der Waals surface area (Å²) < 4.78 is 5.14. The Labute approximate surface area is 130 Å². The van der Waals surface area contributed by atoms with Crippen LogP contribution in [-0.4, -0.2) is 44.2 Å². The third kappa shape index (κ3) is 1.69. The molecular weight excluding hydrogens is 280 g/mol. The van der Waals surface area contributed by atoms with Crippen LogP contribution in [0.5, 0.6) is 11.5 Å². The van der Waals surface area contributed by atoms with E-state index in [2.05, 4.69) is 19.9 Å². The van der Waals surface area contributed by atoms with Crippen LogP contribution in [0.25, 0.3) is 0 Å². The van der Waals surface area contributed by atoms with Gasteiger partial charge in [0.1, 0.15) is 10.8 Å². The van der Waals surface area contributed by atoms with Crippen molar-refractivity contribution in [2.75, 3.05) is 33.3 Å². The Balaban J connectivity index is 1.72. The van der Waals surface area contributed by atoms with E-state index in [9.17, 15) is 9.90 Å². The molecule has 3 N–H and O–H groups in total. The minimum Gasteiger partial charge on any atom is -0.504 e. The number of carbonyl (C=O) groups excluding carboxylic acids is 1. The van der Waals surface area contributed by atoms with E-state index in [1.54, 1.807) is 7.11 Å². The van der Waals surface area contributed by atoms with Crippen molar-refractivity contribution in [1.29, 1.82) is 0 Å². The minimum atomic E-state index is -0.180. The molecule has 4 aliphatic heterocycles. The molecule has 1 aromatic rings. The number of hydrogen-bond donors (Lipinski definition) is 3. The van der Waals surface area contributed by atoms with Gasteiger partial charge in [-0.3, -0.25) is 14.6 Å². The zero-order valence-corrected chi connectivity index (χ0v) is 13.4. The van der Waals surface area contributed by atoms with E-state index < -0.39 is 0 Å². The first-order valence-electron chi connectivity index (χ1n) is 7.97. The van der Waals surface area contributed by atoms with Crippen LogP contribution >= 0.6 is 0 Å². The maximum absolute atomic E-state index is 12.7. The topological polar surface area (TPSA) is 55.4 Å². The molecular formula is C17H24N2O3+2. The first-order chi connectivity index (χ1) is 10.4. The van der Waals surface area contributed by atoms with E-state index in [4.69, 9.17) is 4.74 Å². The van der Waals surface area contributed by atoms with Crippen molar-refractivity contribution >= 4 is 5.78 Å². The van der Waals surface area contributed by atoms with E-state index in [0.29, 0.717) is 17.7 Å². The van der Waals surface area contributed by atoms with Crippen LogP contribution in [0.1, 0.15) is 25.6 Å². The average molecular weight is 304 g/mol. The first kappa shape index (κ1) is 14.0. The van der Waals surface area contributed by atoms with Crippen molar-refractivity contribution in [3.8, 4) is 11.5 Å². The average Bonchev–Trinajstić information content (AvgIpc) is 2.43. The number of hydrogen-bond acceptors (Lipinski definition) is 3. The summed E-state index contributed by atoms with van der Waals surface area (Å²) in [6.07, 6.45) is 0.311. The molecule has 0 atom stereocenters. The van der Waals surface area contributed by atoms with Crippen LogP contribution in [0, 0.1) is 10.8 Å². The van der Waals surface area contributed by atoms with Gasteiger partial charge in [0.15, 0.2) is 17.3 Å². The SMILES string of the molecule is COc1ccc(C2[NH+]3CC4(C)C[NH+]2CC(C)(C3)C4=O)cc1O. The van der Waals surface area contributed by atoms with Gasteiger partial charge in [-0.25, -0.2) is 0 Å². The van der Waals surface area contributed by atoms with Gasteiger partial charge in [-0.2, -0.15) is 0 Å². The number of nitrogens with one attached hydrogen (secondary N) is 2. The highest BCUT2D eigenvalue weighted by Crippen LogP contribution is 2.37. The second-order valence-electron chi connectivity index (χ2n) is 7.84. The van der Waals surface area contributed by atoms with Crippen molar-refractivity contribution in [3.05, 3.63) is 23.8 Å². The van der Waals surface area contributed by atoms with Gasteiger partial charge in [0, 0.05) is 0 Å². The number of carbonyl (C=O) groups is 1. The zero-order chi connectivity index (χ0) is 15.7. The maximum atomic E-state index is 12.7. The smallest absolute Gasteiger partial charge is 0.240 e. The predicted octanol–water partition coefficient (Wildman–Crippen LogP) is -1.21. The molecule has 0 radical (unpaired) electrons. The number of phenolic OH excluding ortho intramolecular Hbond substituents is 1. The second-order valence-corrected chi connectivity index (χ2v) is 7.84. The van der Waals surface area contributed by atoms with Crippen LogP contribution in [0.3, 0.4) is 0 Å². The first-order valence-corrected chi connectivity index (χ1v) is 7.97. The second kappa shape index (κ2) is 4.24. The molecule has 0 amide bonds. The third-order valence-corrected chi connectivity index (χ3v) is 5.92. The van der Waals surface area contributed by atoms with Crippen molar-refractivity contribution in [2.24, 2.45) is 10.8 Å². The molecule has 0 spiro atoms. The number of ether oxygens (including phenoxy) is 1. The van der Waals surface area contributed by atoms with Crippen LogP contribution in [0.15, 0.2) is 18.2 Å². The van der Waals surface area contributed by atoms with E-state index in [0.717, 1.165) is 31.7 Å². The highest BCUT2D eigenvalue weighted by atomic mass is 16.5. The third-order valence-electron chi connectivity index (χ3n) is 5.92. The molecule has 4 fully saturated rings. The van der Waals surface area contributed by atoms with Crippen LogP contribution in [0.4, 0.5) is 0 Å². The highest BCUT2D eigenvalue weighted by molar-refractivity contribution is 5.91. The maximum Gasteiger partial charge on any atom is 0.240 e. The van der Waals surface area contributed by atoms with Crippen molar-refractivity contribution in [3.63, 3.8) is 0 Å². The number of aromatic hydroxyl groups is 1. The summed E-state index contributed by atoms with van der Waals surface area (Å²) in [6.45, 7) is 7.89. The van der Waals surface area contributed by atoms with Gasteiger partial charge >= 0.3 is 0 Å².